The molecule has 0 unspecified atom stereocenters. The number of imidazole rings is 1. The fraction of sp³-hybridized carbons (Fsp3) is 0.367. The van der Waals surface area contributed by atoms with E-state index in [1.54, 1.807) is 11.0 Å². The summed E-state index contributed by atoms with van der Waals surface area (Å²) in [5.74, 6) is 2.33. The van der Waals surface area contributed by atoms with E-state index in [9.17, 15) is 9.59 Å². The third kappa shape index (κ3) is 6.43. The number of carbonyl (C=O) groups excluding carboxylic acids is 2. The number of rotatable bonds is 8. The maximum Gasteiger partial charge on any atom is 0.415 e. The molecule has 3 fully saturated rings. The van der Waals surface area contributed by atoms with Crippen molar-refractivity contribution in [3.8, 4) is 0 Å². The van der Waals surface area contributed by atoms with E-state index in [4.69, 9.17) is 21.3 Å². The highest BCUT2D eigenvalue weighted by Crippen LogP contribution is 2.43. The van der Waals surface area contributed by atoms with Crippen LogP contribution in [0.25, 0.3) is 5.65 Å². The summed E-state index contributed by atoms with van der Waals surface area (Å²) >= 11 is 5.82. The van der Waals surface area contributed by atoms with Gasteiger partial charge in [0.2, 0.25) is 6.41 Å². The van der Waals surface area contributed by atoms with Gasteiger partial charge in [0.15, 0.2) is 5.65 Å². The highest BCUT2D eigenvalue weighted by atomic mass is 35.5. The average Bonchev–Trinajstić information content (AvgIpc) is 3.87. The number of hydrogen-bond acceptors (Lipinski definition) is 7. The van der Waals surface area contributed by atoms with Gasteiger partial charge in [-0.3, -0.25) is 9.69 Å². The molecule has 1 saturated heterocycles. The molecular formula is C30H32ClN7O3. The molecule has 4 aromatic rings. The van der Waals surface area contributed by atoms with Crippen LogP contribution in [0, 0.1) is 0 Å². The Morgan fingerprint density at radius 3 is 2.49 bits per heavy atom. The van der Waals surface area contributed by atoms with Gasteiger partial charge in [-0.05, 0) is 80.7 Å². The van der Waals surface area contributed by atoms with E-state index in [1.807, 2.05) is 36.6 Å². The maximum absolute atomic E-state index is 12.5. The van der Waals surface area contributed by atoms with Gasteiger partial charge in [-0.15, -0.1) is 0 Å². The summed E-state index contributed by atoms with van der Waals surface area (Å²) < 4.78 is 7.50. The first-order chi connectivity index (χ1) is 19.8. The first kappa shape index (κ1) is 27.0. The molecule has 0 radical (unpaired) electrons. The van der Waals surface area contributed by atoms with Gasteiger partial charge in [-0.2, -0.15) is 0 Å². The van der Waals surface area contributed by atoms with E-state index in [-0.39, 0.29) is 6.09 Å². The van der Waals surface area contributed by atoms with Gasteiger partial charge in [0.25, 0.3) is 0 Å². The molecule has 3 aliphatic rings. The van der Waals surface area contributed by atoms with Gasteiger partial charge < -0.3 is 19.8 Å². The summed E-state index contributed by atoms with van der Waals surface area (Å²) in [6.45, 7) is 4.71. The molecular weight excluding hydrogens is 542 g/mol. The van der Waals surface area contributed by atoms with Crippen molar-refractivity contribution in [2.24, 2.45) is 0 Å². The van der Waals surface area contributed by atoms with E-state index in [2.05, 4.69) is 45.0 Å². The van der Waals surface area contributed by atoms with Gasteiger partial charge in [-0.25, -0.2) is 19.7 Å². The number of anilines is 3. The minimum atomic E-state index is -0.541. The van der Waals surface area contributed by atoms with Crippen molar-refractivity contribution in [2.45, 2.75) is 63.5 Å². The molecule has 2 N–H and O–H groups in total. The van der Waals surface area contributed by atoms with Gasteiger partial charge in [0.1, 0.15) is 23.6 Å². The van der Waals surface area contributed by atoms with E-state index >= 15 is 0 Å². The molecule has 212 valence electrons. The Morgan fingerprint density at radius 1 is 1.05 bits per heavy atom. The van der Waals surface area contributed by atoms with E-state index in [1.165, 1.54) is 30.3 Å². The van der Waals surface area contributed by atoms with Crippen LogP contribution in [0.15, 0.2) is 55.1 Å². The Hall–Kier alpha value is -4.18. The third-order valence-electron chi connectivity index (χ3n) is 7.29. The molecule has 0 bridgehead atoms. The number of pyridine rings is 1. The van der Waals surface area contributed by atoms with Crippen molar-refractivity contribution in [3.63, 3.8) is 0 Å². The van der Waals surface area contributed by atoms with Crippen LogP contribution in [0.4, 0.5) is 22.1 Å². The molecule has 3 aromatic heterocycles. The lowest BCUT2D eigenvalue weighted by Crippen LogP contribution is -2.28. The summed E-state index contributed by atoms with van der Waals surface area (Å²) in [5, 5.41) is 6.56. The second kappa shape index (κ2) is 11.0. The first-order valence-electron chi connectivity index (χ1n) is 13.8. The number of amides is 2. The number of cyclic esters (lactones) is 1. The summed E-state index contributed by atoms with van der Waals surface area (Å²) in [4.78, 5) is 37.7. The number of nitrogens with one attached hydrogen (secondary N) is 2. The molecule has 2 aliphatic carbocycles. The van der Waals surface area contributed by atoms with Crippen LogP contribution in [-0.2, 0) is 16.1 Å². The molecule has 1 aliphatic heterocycles. The minimum Gasteiger partial charge on any atom is -0.441 e. The monoisotopic (exact) mass is 573 g/mol. The van der Waals surface area contributed by atoms with Gasteiger partial charge in [0, 0.05) is 23.5 Å². The van der Waals surface area contributed by atoms with Crippen LogP contribution in [0.2, 0.25) is 5.02 Å². The van der Waals surface area contributed by atoms with Crippen LogP contribution in [0.3, 0.4) is 0 Å². The highest BCUT2D eigenvalue weighted by molar-refractivity contribution is 6.30. The quantitative estimate of drug-likeness (QED) is 0.244. The van der Waals surface area contributed by atoms with Crippen LogP contribution in [0.5, 0.6) is 0 Å². The summed E-state index contributed by atoms with van der Waals surface area (Å²) in [6.07, 6.45) is 10.7. The van der Waals surface area contributed by atoms with Gasteiger partial charge in [0.05, 0.1) is 24.5 Å². The van der Waals surface area contributed by atoms with Crippen molar-refractivity contribution in [2.75, 3.05) is 22.1 Å². The van der Waals surface area contributed by atoms with E-state index in [0.717, 1.165) is 35.2 Å². The number of ether oxygens (including phenoxy) is 1. The number of fused-ring (bicyclic) bond motifs is 1. The Balaban J connectivity index is 0.000000253. The Kier molecular flexibility index (Phi) is 7.25. The predicted molar refractivity (Wildman–Crippen MR) is 158 cm³/mol. The van der Waals surface area contributed by atoms with Crippen LogP contribution in [0.1, 0.15) is 68.2 Å². The number of aromatic nitrogens is 4. The maximum atomic E-state index is 12.5. The molecule has 0 atom stereocenters. The van der Waals surface area contributed by atoms with E-state index in [0.29, 0.717) is 42.7 Å². The average molecular weight is 574 g/mol. The highest BCUT2D eigenvalue weighted by Gasteiger charge is 2.40. The van der Waals surface area contributed by atoms with Crippen molar-refractivity contribution in [3.05, 3.63) is 77.0 Å². The van der Waals surface area contributed by atoms with E-state index < -0.39 is 5.60 Å². The lowest BCUT2D eigenvalue weighted by Gasteiger charge is -2.17. The fourth-order valence-corrected chi connectivity index (χ4v) is 5.18. The molecule has 1 aromatic carbocycles. The topological polar surface area (TPSA) is 114 Å². The Labute approximate surface area is 243 Å². The zero-order valence-electron chi connectivity index (χ0n) is 23.0. The van der Waals surface area contributed by atoms with Gasteiger partial charge >= 0.3 is 6.09 Å². The Morgan fingerprint density at radius 2 is 1.80 bits per heavy atom. The standard InChI is InChI=1S/C21H23N7O3.C9H9Cl/c1-21(2)10-28(20(30)31-21)16-5-14(13-3-4-13)8-27-9-15(26-19(16)27)7-22-17-6-18(25-12-29)24-11-23-17;10-9-3-1-2-8(6-9)7-4-5-7/h5-6,8-9,11-13H,3-4,7,10H2,1-2H3,(H2,22,23,24,25,29);1-3,6-7H,4-5H2. The second-order valence-electron chi connectivity index (χ2n) is 11.3. The molecule has 41 heavy (non-hydrogen) atoms. The minimum absolute atomic E-state index is 0.348. The van der Waals surface area contributed by atoms with Crippen molar-refractivity contribution in [1.82, 2.24) is 19.4 Å². The van der Waals surface area contributed by atoms with Crippen molar-refractivity contribution in [1.29, 1.82) is 0 Å². The number of carbonyl (C=O) groups is 2. The third-order valence-corrected chi connectivity index (χ3v) is 7.52. The zero-order chi connectivity index (χ0) is 28.6. The lowest BCUT2D eigenvalue weighted by molar-refractivity contribution is -0.105. The smallest absolute Gasteiger partial charge is 0.415 e. The summed E-state index contributed by atoms with van der Waals surface area (Å²) in [7, 11) is 0. The molecule has 2 saturated carbocycles. The molecule has 2 amide bonds. The number of hydrogen-bond donors (Lipinski definition) is 2. The first-order valence-corrected chi connectivity index (χ1v) is 14.2. The molecule has 11 heteroatoms. The number of benzene rings is 1. The van der Waals surface area contributed by atoms with Crippen LogP contribution < -0.4 is 15.5 Å². The number of halogens is 1. The van der Waals surface area contributed by atoms with Crippen molar-refractivity contribution >= 4 is 47.1 Å². The Bertz CT molecular complexity index is 1600. The summed E-state index contributed by atoms with van der Waals surface area (Å²) in [6, 6.07) is 11.9. The summed E-state index contributed by atoms with van der Waals surface area (Å²) in [5.41, 5.74) is 4.35. The molecule has 4 heterocycles. The normalized spacial score (nSPS) is 17.5. The lowest BCUT2D eigenvalue weighted by atomic mass is 10.1. The van der Waals surface area contributed by atoms with Crippen LogP contribution >= 0.6 is 11.6 Å². The van der Waals surface area contributed by atoms with Crippen LogP contribution in [-0.4, -0.2) is 44.0 Å². The predicted octanol–water partition coefficient (Wildman–Crippen LogP) is 6.13. The molecule has 0 spiro atoms. The second-order valence-corrected chi connectivity index (χ2v) is 11.8. The molecule has 10 nitrogen and oxygen atoms in total. The fourth-order valence-electron chi connectivity index (χ4n) is 4.98. The SMILES string of the molecule is CC1(C)CN(c2cc(C3CC3)cn3cc(CNc4cc(NC=O)ncn4)nc23)C(=O)O1.Clc1cccc(C2CC2)c1. The number of nitrogens with zero attached hydrogens (tertiary/aromatic N) is 5. The molecule has 7 rings (SSSR count). The zero-order valence-corrected chi connectivity index (χ0v) is 23.8. The largest absolute Gasteiger partial charge is 0.441 e. The van der Waals surface area contributed by atoms with Crippen molar-refractivity contribution < 1.29 is 14.3 Å². The van der Waals surface area contributed by atoms with Gasteiger partial charge in [-0.1, -0.05) is 23.7 Å².